The highest BCUT2D eigenvalue weighted by molar-refractivity contribution is 5.92. The smallest absolute Gasteiger partial charge is 0.225 e. The average Bonchev–Trinajstić information content (AvgIpc) is 2.79. The number of nitrogens with zero attached hydrogens (tertiary/aromatic N) is 1. The van der Waals surface area contributed by atoms with Gasteiger partial charge < -0.3 is 9.84 Å². The topological polar surface area (TPSA) is 55.1 Å². The van der Waals surface area contributed by atoms with Crippen LogP contribution >= 0.6 is 0 Å². The number of carbonyl (C=O) groups excluding carboxylic acids is 1. The summed E-state index contributed by atoms with van der Waals surface area (Å²) in [5.41, 5.74) is 4.16. The van der Waals surface area contributed by atoms with Crippen molar-refractivity contribution in [2.75, 3.05) is 5.32 Å². The molecule has 2 aromatic rings. The summed E-state index contributed by atoms with van der Waals surface area (Å²) in [7, 11) is 0. The van der Waals surface area contributed by atoms with Crippen molar-refractivity contribution in [3.05, 3.63) is 46.8 Å². The van der Waals surface area contributed by atoms with Crippen molar-refractivity contribution in [3.8, 4) is 0 Å². The summed E-state index contributed by atoms with van der Waals surface area (Å²) in [6, 6.07) is 8.46. The first kappa shape index (κ1) is 13.9. The second-order valence-corrected chi connectivity index (χ2v) is 5.74. The van der Waals surface area contributed by atoms with Gasteiger partial charge in [-0.1, -0.05) is 29.4 Å². The van der Waals surface area contributed by atoms with Crippen LogP contribution in [0.25, 0.3) is 0 Å². The Kier molecular flexibility index (Phi) is 3.78. The van der Waals surface area contributed by atoms with E-state index in [0.717, 1.165) is 25.0 Å². The number of aromatic nitrogens is 1. The van der Waals surface area contributed by atoms with Crippen molar-refractivity contribution in [1.82, 2.24) is 5.16 Å². The first-order valence-corrected chi connectivity index (χ1v) is 7.45. The van der Waals surface area contributed by atoms with Crippen LogP contribution < -0.4 is 5.32 Å². The lowest BCUT2D eigenvalue weighted by atomic mass is 9.81. The third kappa shape index (κ3) is 2.84. The summed E-state index contributed by atoms with van der Waals surface area (Å²) in [6.45, 7) is 3.65. The Balaban J connectivity index is 1.72. The minimum absolute atomic E-state index is 0.0334. The molecule has 21 heavy (non-hydrogen) atoms. The maximum atomic E-state index is 12.3. The summed E-state index contributed by atoms with van der Waals surface area (Å²) in [6.07, 6.45) is 3.87. The van der Waals surface area contributed by atoms with Crippen LogP contribution in [0.3, 0.4) is 0 Å². The van der Waals surface area contributed by atoms with Gasteiger partial charge in [-0.25, -0.2) is 0 Å². The highest BCUT2D eigenvalue weighted by Crippen LogP contribution is 2.34. The summed E-state index contributed by atoms with van der Waals surface area (Å²) >= 11 is 0. The van der Waals surface area contributed by atoms with E-state index in [1.54, 1.807) is 0 Å². The number of rotatable bonds is 3. The molecule has 4 heteroatoms. The van der Waals surface area contributed by atoms with Crippen LogP contribution in [-0.2, 0) is 11.2 Å². The van der Waals surface area contributed by atoms with Gasteiger partial charge in [0.25, 0.3) is 0 Å². The highest BCUT2D eigenvalue weighted by Gasteiger charge is 2.23. The Hall–Kier alpha value is -2.10. The number of benzene rings is 1. The fraction of sp³-hybridized carbons (Fsp3) is 0.412. The zero-order valence-electron chi connectivity index (χ0n) is 12.5. The molecule has 0 fully saturated rings. The SMILES string of the molecule is Cc1noc(C)c1NC(=O)C[C@@H]1CCCc2ccccc21. The van der Waals surface area contributed by atoms with Crippen molar-refractivity contribution < 1.29 is 9.32 Å². The van der Waals surface area contributed by atoms with Gasteiger partial charge >= 0.3 is 0 Å². The first-order chi connectivity index (χ1) is 10.1. The largest absolute Gasteiger partial charge is 0.359 e. The number of nitrogens with one attached hydrogen (secondary N) is 1. The van der Waals surface area contributed by atoms with E-state index in [0.29, 0.717) is 23.8 Å². The lowest BCUT2D eigenvalue weighted by molar-refractivity contribution is -0.116. The van der Waals surface area contributed by atoms with E-state index in [-0.39, 0.29) is 5.91 Å². The van der Waals surface area contributed by atoms with Gasteiger partial charge in [-0.2, -0.15) is 0 Å². The Morgan fingerprint density at radius 3 is 2.95 bits per heavy atom. The lowest BCUT2D eigenvalue weighted by Crippen LogP contribution is -2.19. The van der Waals surface area contributed by atoms with Crippen LogP contribution in [0, 0.1) is 13.8 Å². The normalized spacial score (nSPS) is 17.3. The lowest BCUT2D eigenvalue weighted by Gasteiger charge is -2.25. The molecule has 110 valence electrons. The molecule has 0 spiro atoms. The van der Waals surface area contributed by atoms with Crippen LogP contribution in [0.15, 0.2) is 28.8 Å². The van der Waals surface area contributed by atoms with Gasteiger partial charge in [-0.05, 0) is 50.2 Å². The zero-order chi connectivity index (χ0) is 14.8. The molecular formula is C17H20N2O2. The third-order valence-electron chi connectivity index (χ3n) is 4.22. The molecule has 1 N–H and O–H groups in total. The van der Waals surface area contributed by atoms with Crippen LogP contribution in [-0.4, -0.2) is 11.1 Å². The van der Waals surface area contributed by atoms with Crippen LogP contribution in [0.5, 0.6) is 0 Å². The molecule has 1 amide bonds. The molecule has 0 saturated heterocycles. The molecule has 1 aromatic carbocycles. The molecule has 3 rings (SSSR count). The Morgan fingerprint density at radius 2 is 2.19 bits per heavy atom. The van der Waals surface area contributed by atoms with Gasteiger partial charge in [0.15, 0.2) is 5.76 Å². The third-order valence-corrected chi connectivity index (χ3v) is 4.22. The molecule has 1 atom stereocenters. The van der Waals surface area contributed by atoms with E-state index in [1.807, 2.05) is 13.8 Å². The predicted octanol–water partition coefficient (Wildman–Crippen LogP) is 3.74. The average molecular weight is 284 g/mol. The number of anilines is 1. The highest BCUT2D eigenvalue weighted by atomic mass is 16.5. The van der Waals surface area contributed by atoms with Crippen LogP contribution in [0.4, 0.5) is 5.69 Å². The standard InChI is InChI=1S/C17H20N2O2/c1-11-17(12(2)21-19-11)18-16(20)10-14-8-5-7-13-6-3-4-9-15(13)14/h3-4,6,9,14H,5,7-8,10H2,1-2H3,(H,18,20)/t14-/m0/s1. The first-order valence-electron chi connectivity index (χ1n) is 7.45. The number of fused-ring (bicyclic) bond motifs is 1. The number of aryl methyl sites for hydroxylation is 3. The van der Waals surface area contributed by atoms with Gasteiger partial charge in [0.2, 0.25) is 5.91 Å². The van der Waals surface area contributed by atoms with Crippen LogP contribution in [0.1, 0.15) is 47.8 Å². The zero-order valence-corrected chi connectivity index (χ0v) is 12.5. The number of amides is 1. The van der Waals surface area contributed by atoms with Crippen molar-refractivity contribution >= 4 is 11.6 Å². The van der Waals surface area contributed by atoms with Crippen molar-refractivity contribution in [2.24, 2.45) is 0 Å². The molecule has 4 nitrogen and oxygen atoms in total. The fourth-order valence-corrected chi connectivity index (χ4v) is 3.14. The van der Waals surface area contributed by atoms with E-state index in [2.05, 4.69) is 34.7 Å². The number of hydrogen-bond donors (Lipinski definition) is 1. The number of carbonyl (C=O) groups is 1. The van der Waals surface area contributed by atoms with E-state index in [9.17, 15) is 4.79 Å². The molecule has 1 aromatic heterocycles. The van der Waals surface area contributed by atoms with Gasteiger partial charge in [0.05, 0.1) is 0 Å². The summed E-state index contributed by atoms with van der Waals surface area (Å²) in [5.74, 6) is 1.01. The van der Waals surface area contributed by atoms with Gasteiger partial charge in [-0.15, -0.1) is 0 Å². The molecule has 0 saturated carbocycles. The minimum atomic E-state index is 0.0334. The fourth-order valence-electron chi connectivity index (χ4n) is 3.14. The maximum Gasteiger partial charge on any atom is 0.225 e. The molecular weight excluding hydrogens is 264 g/mol. The summed E-state index contributed by atoms with van der Waals surface area (Å²) < 4.78 is 5.08. The minimum Gasteiger partial charge on any atom is -0.359 e. The van der Waals surface area contributed by atoms with Gasteiger partial charge in [0.1, 0.15) is 11.4 Å². The van der Waals surface area contributed by atoms with Gasteiger partial charge in [-0.3, -0.25) is 4.79 Å². The van der Waals surface area contributed by atoms with E-state index >= 15 is 0 Å². The molecule has 0 aliphatic heterocycles. The number of hydrogen-bond acceptors (Lipinski definition) is 3. The predicted molar refractivity (Wildman–Crippen MR) is 81.3 cm³/mol. The summed E-state index contributed by atoms with van der Waals surface area (Å²) in [5, 5.41) is 6.80. The molecule has 0 unspecified atom stereocenters. The molecule has 1 heterocycles. The quantitative estimate of drug-likeness (QED) is 0.934. The monoisotopic (exact) mass is 284 g/mol. The van der Waals surface area contributed by atoms with E-state index < -0.39 is 0 Å². The molecule has 0 bridgehead atoms. The maximum absolute atomic E-state index is 12.3. The Bertz CT molecular complexity index is 641. The van der Waals surface area contributed by atoms with Gasteiger partial charge in [0, 0.05) is 6.42 Å². The second-order valence-electron chi connectivity index (χ2n) is 5.74. The molecule has 0 radical (unpaired) electrons. The van der Waals surface area contributed by atoms with E-state index in [4.69, 9.17) is 4.52 Å². The second kappa shape index (κ2) is 5.72. The summed E-state index contributed by atoms with van der Waals surface area (Å²) in [4.78, 5) is 12.3. The van der Waals surface area contributed by atoms with Crippen LogP contribution in [0.2, 0.25) is 0 Å². The van der Waals surface area contributed by atoms with Crippen molar-refractivity contribution in [3.63, 3.8) is 0 Å². The van der Waals surface area contributed by atoms with E-state index in [1.165, 1.54) is 11.1 Å². The molecule has 1 aliphatic carbocycles. The molecule has 1 aliphatic rings. The van der Waals surface area contributed by atoms with Crippen molar-refractivity contribution in [2.45, 2.75) is 45.4 Å². The Labute approximate surface area is 124 Å². The van der Waals surface area contributed by atoms with Crippen molar-refractivity contribution in [1.29, 1.82) is 0 Å². The Morgan fingerprint density at radius 1 is 1.38 bits per heavy atom.